The first-order valence-corrected chi connectivity index (χ1v) is 17.0. The summed E-state index contributed by atoms with van der Waals surface area (Å²) in [7, 11) is 0. The number of rotatable bonds is 15. The van der Waals surface area contributed by atoms with E-state index in [0.717, 1.165) is 16.7 Å². The molecule has 0 amide bonds. The molecule has 6 rings (SSSR count). The van der Waals surface area contributed by atoms with Crippen LogP contribution >= 0.6 is 0 Å². The van der Waals surface area contributed by atoms with Gasteiger partial charge in [-0.15, -0.1) is 0 Å². The summed E-state index contributed by atoms with van der Waals surface area (Å²) < 4.78 is 24.8. The number of ether oxygens (including phenoxy) is 4. The van der Waals surface area contributed by atoms with E-state index >= 15 is 0 Å². The molecule has 6 aromatic carbocycles. The standard InChI is InChI=1S/C45H36O8/c46-31-39(51-42(47)33-19-7-1-8-20-33)41(53-44(49)35-23-11-3-12-24-35)40(52-43(48)34-21-9-2-10-22-34)32-50-45(36-25-13-4-14-26-36,37-27-15-5-16-28-37)38-29-17-6-18-30-38/h1-31,39-41H,32H2/t39-,40-,41+/m1/s1. The van der Waals surface area contributed by atoms with Crippen LogP contribution < -0.4 is 0 Å². The third-order valence-corrected chi connectivity index (χ3v) is 8.60. The van der Waals surface area contributed by atoms with Crippen molar-refractivity contribution in [1.29, 1.82) is 0 Å². The predicted molar refractivity (Wildman–Crippen MR) is 198 cm³/mol. The first-order chi connectivity index (χ1) is 26.0. The van der Waals surface area contributed by atoms with Gasteiger partial charge in [0.25, 0.3) is 0 Å². The molecule has 6 aromatic rings. The summed E-state index contributed by atoms with van der Waals surface area (Å²) in [5.41, 5.74) is 1.51. The molecule has 0 aromatic heterocycles. The Morgan fingerprint density at radius 3 is 1.13 bits per heavy atom. The number of hydrogen-bond donors (Lipinski definition) is 0. The number of carbonyl (C=O) groups is 4. The molecule has 0 aliphatic rings. The molecule has 0 radical (unpaired) electrons. The Morgan fingerprint density at radius 1 is 0.453 bits per heavy atom. The van der Waals surface area contributed by atoms with Crippen molar-refractivity contribution in [3.8, 4) is 0 Å². The summed E-state index contributed by atoms with van der Waals surface area (Å²) in [5, 5.41) is 0. The zero-order chi connectivity index (χ0) is 36.9. The van der Waals surface area contributed by atoms with Gasteiger partial charge in [-0.3, -0.25) is 4.79 Å². The van der Waals surface area contributed by atoms with Crippen LogP contribution in [0.15, 0.2) is 182 Å². The number of esters is 3. The summed E-state index contributed by atoms with van der Waals surface area (Å²) in [6.45, 7) is -0.419. The minimum Gasteiger partial charge on any atom is -0.452 e. The van der Waals surface area contributed by atoms with Crippen molar-refractivity contribution in [3.63, 3.8) is 0 Å². The molecule has 8 heteroatoms. The molecule has 0 unspecified atom stereocenters. The second-order valence-electron chi connectivity index (χ2n) is 12.0. The first-order valence-electron chi connectivity index (χ1n) is 17.0. The summed E-state index contributed by atoms with van der Waals surface area (Å²) in [5.74, 6) is -2.45. The van der Waals surface area contributed by atoms with Crippen molar-refractivity contribution < 1.29 is 38.1 Å². The molecule has 8 nitrogen and oxygen atoms in total. The van der Waals surface area contributed by atoms with E-state index in [-0.39, 0.29) is 16.7 Å². The van der Waals surface area contributed by atoms with Crippen LogP contribution in [0.2, 0.25) is 0 Å². The Morgan fingerprint density at radius 2 is 0.774 bits per heavy atom. The zero-order valence-corrected chi connectivity index (χ0v) is 28.6. The molecular formula is C45H36O8. The maximum Gasteiger partial charge on any atom is 0.338 e. The van der Waals surface area contributed by atoms with E-state index in [2.05, 4.69) is 0 Å². The minimum absolute atomic E-state index is 0.165. The minimum atomic E-state index is -1.72. The second-order valence-corrected chi connectivity index (χ2v) is 12.0. The highest BCUT2D eigenvalue weighted by Crippen LogP contribution is 2.41. The molecule has 0 fully saturated rings. The molecule has 0 aliphatic carbocycles. The lowest BCUT2D eigenvalue weighted by molar-refractivity contribution is -0.138. The molecule has 0 N–H and O–H groups in total. The summed E-state index contributed by atoms with van der Waals surface area (Å²) >= 11 is 0. The highest BCUT2D eigenvalue weighted by Gasteiger charge is 2.43. The molecular weight excluding hydrogens is 668 g/mol. The van der Waals surface area contributed by atoms with Gasteiger partial charge in [-0.1, -0.05) is 146 Å². The third kappa shape index (κ3) is 8.64. The Balaban J connectivity index is 1.47. The lowest BCUT2D eigenvalue weighted by Crippen LogP contribution is -2.50. The van der Waals surface area contributed by atoms with E-state index in [4.69, 9.17) is 18.9 Å². The average molecular weight is 705 g/mol. The molecule has 0 bridgehead atoms. The fourth-order valence-corrected chi connectivity index (χ4v) is 6.01. The molecule has 264 valence electrons. The van der Waals surface area contributed by atoms with Gasteiger partial charge in [0.2, 0.25) is 0 Å². The number of carbonyl (C=O) groups excluding carboxylic acids is 4. The van der Waals surface area contributed by atoms with Crippen LogP contribution in [0, 0.1) is 0 Å². The van der Waals surface area contributed by atoms with Gasteiger partial charge in [0.1, 0.15) is 5.60 Å². The van der Waals surface area contributed by atoms with E-state index in [1.807, 2.05) is 91.0 Å². The highest BCUT2D eigenvalue weighted by atomic mass is 16.6. The van der Waals surface area contributed by atoms with E-state index in [1.54, 1.807) is 66.7 Å². The van der Waals surface area contributed by atoms with Gasteiger partial charge in [0.15, 0.2) is 24.6 Å². The quantitative estimate of drug-likeness (QED) is 0.0461. The fourth-order valence-electron chi connectivity index (χ4n) is 6.01. The van der Waals surface area contributed by atoms with E-state index < -0.39 is 48.4 Å². The average Bonchev–Trinajstić information content (AvgIpc) is 3.23. The van der Waals surface area contributed by atoms with Crippen LogP contribution in [0.4, 0.5) is 0 Å². The Kier molecular flexibility index (Phi) is 12.0. The van der Waals surface area contributed by atoms with Crippen LogP contribution in [-0.4, -0.2) is 49.1 Å². The van der Waals surface area contributed by atoms with Crippen molar-refractivity contribution in [2.24, 2.45) is 0 Å². The SMILES string of the molecule is O=C[C@@H](OC(=O)c1ccccc1)[C@H](OC(=O)c1ccccc1)[C@@H](COC(c1ccccc1)(c1ccccc1)c1ccccc1)OC(=O)c1ccccc1. The molecule has 0 aliphatic heterocycles. The van der Waals surface area contributed by atoms with E-state index in [0.29, 0.717) is 6.29 Å². The largest absolute Gasteiger partial charge is 0.452 e. The molecule has 0 spiro atoms. The van der Waals surface area contributed by atoms with E-state index in [9.17, 15) is 19.2 Å². The molecule has 0 saturated carbocycles. The van der Waals surface area contributed by atoms with Crippen LogP contribution in [-0.2, 0) is 29.3 Å². The van der Waals surface area contributed by atoms with Crippen LogP contribution in [0.3, 0.4) is 0 Å². The van der Waals surface area contributed by atoms with Gasteiger partial charge < -0.3 is 18.9 Å². The monoisotopic (exact) mass is 704 g/mol. The van der Waals surface area contributed by atoms with Crippen molar-refractivity contribution in [3.05, 3.63) is 215 Å². The summed E-state index contributed by atoms with van der Waals surface area (Å²) in [6, 6.07) is 53.0. The predicted octanol–water partition coefficient (Wildman–Crippen LogP) is 7.87. The van der Waals surface area contributed by atoms with Gasteiger partial charge in [-0.25, -0.2) is 14.4 Å². The molecule has 0 heterocycles. The number of aldehydes is 1. The smallest absolute Gasteiger partial charge is 0.338 e. The lowest BCUT2D eigenvalue weighted by atomic mass is 9.80. The topological polar surface area (TPSA) is 105 Å². The van der Waals surface area contributed by atoms with Crippen molar-refractivity contribution >= 4 is 24.2 Å². The number of benzene rings is 6. The maximum atomic E-state index is 13.8. The van der Waals surface area contributed by atoms with Crippen molar-refractivity contribution in [1.82, 2.24) is 0 Å². The Labute approximate surface area is 307 Å². The van der Waals surface area contributed by atoms with Crippen LogP contribution in [0.5, 0.6) is 0 Å². The summed E-state index contributed by atoms with van der Waals surface area (Å²) in [4.78, 5) is 53.7. The zero-order valence-electron chi connectivity index (χ0n) is 28.6. The van der Waals surface area contributed by atoms with Crippen molar-refractivity contribution in [2.75, 3.05) is 6.61 Å². The second kappa shape index (κ2) is 17.5. The molecule has 0 saturated heterocycles. The lowest BCUT2D eigenvalue weighted by Gasteiger charge is -2.38. The fraction of sp³-hybridized carbons (Fsp3) is 0.111. The van der Waals surface area contributed by atoms with Gasteiger partial charge in [0.05, 0.1) is 23.3 Å². The Hall–Kier alpha value is -6.64. The van der Waals surface area contributed by atoms with Crippen LogP contribution in [0.1, 0.15) is 47.8 Å². The van der Waals surface area contributed by atoms with Crippen LogP contribution in [0.25, 0.3) is 0 Å². The number of hydrogen-bond acceptors (Lipinski definition) is 8. The van der Waals surface area contributed by atoms with E-state index in [1.165, 1.54) is 24.3 Å². The van der Waals surface area contributed by atoms with Gasteiger partial charge in [0, 0.05) is 0 Å². The van der Waals surface area contributed by atoms with Gasteiger partial charge in [-0.2, -0.15) is 0 Å². The molecule has 3 atom stereocenters. The normalized spacial score (nSPS) is 12.8. The van der Waals surface area contributed by atoms with Gasteiger partial charge >= 0.3 is 17.9 Å². The molecule has 53 heavy (non-hydrogen) atoms. The summed E-state index contributed by atoms with van der Waals surface area (Å²) in [6.07, 6.45) is -4.50. The third-order valence-electron chi connectivity index (χ3n) is 8.60. The Bertz CT molecular complexity index is 1980. The highest BCUT2D eigenvalue weighted by molar-refractivity contribution is 5.92. The van der Waals surface area contributed by atoms with Gasteiger partial charge in [-0.05, 0) is 53.1 Å². The van der Waals surface area contributed by atoms with Crippen molar-refractivity contribution in [2.45, 2.75) is 23.9 Å². The first kappa shape index (κ1) is 36.2. The maximum absolute atomic E-state index is 13.8.